The number of ether oxygens (including phenoxy) is 1. The summed E-state index contributed by atoms with van der Waals surface area (Å²) in [5, 5.41) is 36.3. The Balaban J connectivity index is 1.87. The molecule has 0 aromatic rings. The summed E-state index contributed by atoms with van der Waals surface area (Å²) in [5.74, 6) is -0.390. The van der Waals surface area contributed by atoms with Gasteiger partial charge in [-0.05, 0) is 0 Å². The van der Waals surface area contributed by atoms with E-state index in [1.54, 1.807) is 6.08 Å². The maximum atomic E-state index is 11.9. The van der Waals surface area contributed by atoms with Crippen LogP contribution in [0.4, 0.5) is 0 Å². The van der Waals surface area contributed by atoms with Crippen LogP contribution in [0.15, 0.2) is 22.5 Å². The second kappa shape index (κ2) is 4.53. The van der Waals surface area contributed by atoms with Crippen molar-refractivity contribution in [1.29, 1.82) is 0 Å². The largest absolute Gasteiger partial charge is 0.394 e. The highest BCUT2D eigenvalue weighted by Gasteiger charge is 2.50. The van der Waals surface area contributed by atoms with E-state index in [9.17, 15) is 15.0 Å². The Kier molecular flexibility index (Phi) is 2.97. The first kappa shape index (κ1) is 12.5. The van der Waals surface area contributed by atoms with E-state index in [2.05, 4.69) is 15.8 Å². The maximum absolute atomic E-state index is 11.9. The molecule has 6 atom stereocenters. The molecule has 0 bridgehead atoms. The molecular weight excluding hydrogens is 256 g/mol. The number of carbonyl (C=O) groups is 1. The Morgan fingerprint density at radius 1 is 1.42 bits per heavy atom. The lowest BCUT2D eigenvalue weighted by Crippen LogP contribution is -2.56. The topological polar surface area (TPSA) is 127 Å². The third kappa shape index (κ3) is 1.82. The van der Waals surface area contributed by atoms with Crippen LogP contribution in [0, 0.1) is 0 Å². The molecule has 0 saturated carbocycles. The van der Waals surface area contributed by atoms with Gasteiger partial charge in [0.25, 0.3) is 0 Å². The minimum atomic E-state index is -1.30. The molecule has 3 rings (SSSR count). The molecule has 3 aliphatic rings. The van der Waals surface area contributed by atoms with Gasteiger partial charge >= 0.3 is 0 Å². The maximum Gasteiger partial charge on any atom is 0.250 e. The first-order valence-electron chi connectivity index (χ1n) is 5.92. The minimum Gasteiger partial charge on any atom is -0.394 e. The fourth-order valence-electron chi connectivity index (χ4n) is 2.46. The van der Waals surface area contributed by atoms with Gasteiger partial charge in [0.2, 0.25) is 5.91 Å². The van der Waals surface area contributed by atoms with Gasteiger partial charge in [-0.3, -0.25) is 15.1 Å². The number of nitrogens with one attached hydrogen (secondary N) is 1. The molecule has 0 unspecified atom stereocenters. The second-order valence-electron chi connectivity index (χ2n) is 4.62. The quantitative estimate of drug-likeness (QED) is 0.439. The number of aliphatic hydroxyl groups excluding tert-OH is 3. The lowest BCUT2D eigenvalue weighted by atomic mass is 10.1. The van der Waals surface area contributed by atoms with E-state index in [0.717, 1.165) is 0 Å². The van der Waals surface area contributed by atoms with Gasteiger partial charge in [0.1, 0.15) is 24.4 Å². The zero-order chi connectivity index (χ0) is 13.6. The Hall–Kier alpha value is -1.55. The highest BCUT2D eigenvalue weighted by Crippen LogP contribution is 2.30. The van der Waals surface area contributed by atoms with Crippen molar-refractivity contribution in [3.05, 3.63) is 12.2 Å². The molecule has 0 aromatic carbocycles. The normalized spacial score (nSPS) is 44.6. The van der Waals surface area contributed by atoms with Crippen molar-refractivity contribution >= 4 is 5.91 Å². The van der Waals surface area contributed by atoms with E-state index >= 15 is 0 Å². The first-order chi connectivity index (χ1) is 9.13. The van der Waals surface area contributed by atoms with Gasteiger partial charge in [0.15, 0.2) is 12.4 Å². The molecule has 104 valence electrons. The molecule has 4 N–H and O–H groups in total. The van der Waals surface area contributed by atoms with Crippen LogP contribution in [0.25, 0.3) is 0 Å². The predicted molar refractivity (Wildman–Crippen MR) is 59.3 cm³/mol. The number of hydrogen-bond acceptors (Lipinski definition) is 8. The van der Waals surface area contributed by atoms with Crippen LogP contribution in [-0.4, -0.2) is 69.5 Å². The summed E-state index contributed by atoms with van der Waals surface area (Å²) >= 11 is 0. The van der Waals surface area contributed by atoms with Gasteiger partial charge in [-0.1, -0.05) is 11.3 Å². The van der Waals surface area contributed by atoms with E-state index in [1.165, 1.54) is 11.0 Å². The fraction of sp³-hybridized carbons (Fsp3) is 0.700. The van der Waals surface area contributed by atoms with Crippen molar-refractivity contribution in [3.63, 3.8) is 0 Å². The van der Waals surface area contributed by atoms with Gasteiger partial charge in [-0.2, -0.15) is 0 Å². The van der Waals surface area contributed by atoms with Crippen molar-refractivity contribution < 1.29 is 24.9 Å². The van der Waals surface area contributed by atoms with E-state index in [-0.39, 0.29) is 6.04 Å². The first-order valence-corrected chi connectivity index (χ1v) is 5.92. The lowest BCUT2D eigenvalue weighted by Gasteiger charge is -2.36. The Morgan fingerprint density at radius 2 is 2.21 bits per heavy atom. The smallest absolute Gasteiger partial charge is 0.250 e. The monoisotopic (exact) mass is 270 g/mol. The molecule has 1 saturated heterocycles. The molecule has 9 nitrogen and oxygen atoms in total. The predicted octanol–water partition coefficient (Wildman–Crippen LogP) is -2.51. The number of carbonyl (C=O) groups excluding carboxylic acids is 1. The van der Waals surface area contributed by atoms with Crippen LogP contribution in [0.1, 0.15) is 0 Å². The van der Waals surface area contributed by atoms with Gasteiger partial charge in [0.05, 0.1) is 6.61 Å². The SMILES string of the molecule is O=C1C=C[C@@H]2NN=N[C@@H]2N1[C@H]1O[C@@H](CO)[C@@H](O)[C@H]1O. The van der Waals surface area contributed by atoms with Crippen LogP contribution in [-0.2, 0) is 9.53 Å². The van der Waals surface area contributed by atoms with Crippen molar-refractivity contribution in [2.45, 2.75) is 36.7 Å². The number of nitrogens with zero attached hydrogens (tertiary/aromatic N) is 3. The van der Waals surface area contributed by atoms with Crippen LogP contribution in [0.2, 0.25) is 0 Å². The van der Waals surface area contributed by atoms with Crippen LogP contribution in [0.3, 0.4) is 0 Å². The number of hydrogen-bond donors (Lipinski definition) is 4. The number of rotatable bonds is 2. The summed E-state index contributed by atoms with van der Waals surface area (Å²) in [7, 11) is 0. The molecule has 3 aliphatic heterocycles. The van der Waals surface area contributed by atoms with Crippen molar-refractivity contribution in [3.8, 4) is 0 Å². The molecule has 1 amide bonds. The summed E-state index contributed by atoms with van der Waals surface area (Å²) in [6.07, 6.45) is -2.20. The summed E-state index contributed by atoms with van der Waals surface area (Å²) < 4.78 is 5.34. The Morgan fingerprint density at radius 3 is 2.89 bits per heavy atom. The summed E-state index contributed by atoms with van der Waals surface area (Å²) in [4.78, 5) is 13.2. The van der Waals surface area contributed by atoms with E-state index in [0.29, 0.717) is 0 Å². The Bertz CT molecular complexity index is 442. The highest BCUT2D eigenvalue weighted by molar-refractivity contribution is 5.89. The lowest BCUT2D eigenvalue weighted by molar-refractivity contribution is -0.155. The van der Waals surface area contributed by atoms with Crippen molar-refractivity contribution in [2.24, 2.45) is 10.3 Å². The molecule has 3 heterocycles. The molecular formula is C10H14N4O5. The van der Waals surface area contributed by atoms with Gasteiger partial charge in [-0.15, -0.1) is 5.11 Å². The van der Waals surface area contributed by atoms with Gasteiger partial charge in [0, 0.05) is 6.08 Å². The molecule has 0 radical (unpaired) electrons. The number of aliphatic hydroxyl groups is 3. The summed E-state index contributed by atoms with van der Waals surface area (Å²) in [5.41, 5.74) is 2.71. The van der Waals surface area contributed by atoms with Crippen LogP contribution >= 0.6 is 0 Å². The standard InChI is InChI=1S/C10H14N4O5/c15-3-5-7(17)8(18)10(19-5)14-6(16)2-1-4-9(14)12-13-11-4/h1-2,4-5,7-10,15,17-18H,3H2,(H,11,12)/t4-,5-,7+,8+,9+,10-/m0/s1. The van der Waals surface area contributed by atoms with E-state index < -0.39 is 43.2 Å². The molecule has 19 heavy (non-hydrogen) atoms. The third-order valence-electron chi connectivity index (χ3n) is 3.48. The minimum absolute atomic E-state index is 0.279. The third-order valence-corrected chi connectivity index (χ3v) is 3.48. The zero-order valence-electron chi connectivity index (χ0n) is 9.83. The molecule has 0 spiro atoms. The second-order valence-corrected chi connectivity index (χ2v) is 4.62. The van der Waals surface area contributed by atoms with Crippen molar-refractivity contribution in [2.75, 3.05) is 6.61 Å². The van der Waals surface area contributed by atoms with Crippen LogP contribution < -0.4 is 5.43 Å². The zero-order valence-corrected chi connectivity index (χ0v) is 9.83. The number of fused-ring (bicyclic) bond motifs is 1. The Labute approximate surface area is 108 Å². The number of amides is 1. The summed E-state index contributed by atoms with van der Waals surface area (Å²) in [6.45, 7) is -0.444. The van der Waals surface area contributed by atoms with Crippen molar-refractivity contribution in [1.82, 2.24) is 10.3 Å². The van der Waals surface area contributed by atoms with E-state index in [1.807, 2.05) is 0 Å². The van der Waals surface area contributed by atoms with Gasteiger partial charge in [-0.25, -0.2) is 0 Å². The molecule has 1 fully saturated rings. The highest BCUT2D eigenvalue weighted by atomic mass is 16.6. The fourth-order valence-corrected chi connectivity index (χ4v) is 2.46. The van der Waals surface area contributed by atoms with E-state index in [4.69, 9.17) is 9.84 Å². The molecule has 9 heteroatoms. The average Bonchev–Trinajstić information content (AvgIpc) is 2.97. The summed E-state index contributed by atoms with van der Waals surface area (Å²) in [6, 6.07) is -0.279. The van der Waals surface area contributed by atoms with Gasteiger partial charge < -0.3 is 20.1 Å². The molecule has 0 aliphatic carbocycles. The van der Waals surface area contributed by atoms with Crippen LogP contribution in [0.5, 0.6) is 0 Å². The average molecular weight is 270 g/mol. The molecule has 0 aromatic heterocycles.